The van der Waals surface area contributed by atoms with E-state index in [0.29, 0.717) is 97.9 Å². The van der Waals surface area contributed by atoms with Crippen LogP contribution in [0.5, 0.6) is 0 Å². The molecule has 8 heterocycles. The Hall–Kier alpha value is -6.84. The first-order valence-corrected chi connectivity index (χ1v) is 25.1. The third-order valence-electron chi connectivity index (χ3n) is 15.6. The van der Waals surface area contributed by atoms with Gasteiger partial charge in [-0.3, -0.25) is 24.6 Å². The number of anilines is 3. The number of nitrogens with one attached hydrogen (secondary N) is 1. The summed E-state index contributed by atoms with van der Waals surface area (Å²) in [6.07, 6.45) is 10.5. The summed E-state index contributed by atoms with van der Waals surface area (Å²) in [4.78, 5) is 77.6. The topological polar surface area (TPSA) is 227 Å². The van der Waals surface area contributed by atoms with Crippen molar-refractivity contribution in [3.05, 3.63) is 53.8 Å². The quantitative estimate of drug-likeness (QED) is 0.165. The number of fused-ring (bicyclic) bond motifs is 1. The van der Waals surface area contributed by atoms with Crippen molar-refractivity contribution in [2.75, 3.05) is 88.1 Å². The van der Waals surface area contributed by atoms with Crippen molar-refractivity contribution in [1.82, 2.24) is 54.9 Å². The average Bonchev–Trinajstić information content (AvgIpc) is 3.94. The van der Waals surface area contributed by atoms with Crippen molar-refractivity contribution in [3.8, 4) is 22.8 Å². The zero-order chi connectivity index (χ0) is 50.2. The molecule has 72 heavy (non-hydrogen) atoms. The summed E-state index contributed by atoms with van der Waals surface area (Å²) in [5, 5.41) is 12.4. The summed E-state index contributed by atoms with van der Waals surface area (Å²) in [5.41, 5.74) is 9.56. The normalized spacial score (nSPS) is 21.0. The predicted octanol–water partition coefficient (Wildman–Crippen LogP) is 5.05. The second kappa shape index (κ2) is 18.3. The molecule has 4 saturated heterocycles. The van der Waals surface area contributed by atoms with Crippen LogP contribution >= 0.6 is 0 Å². The summed E-state index contributed by atoms with van der Waals surface area (Å²) < 4.78 is 44.2. The number of carbonyl (C=O) groups is 4. The van der Waals surface area contributed by atoms with Gasteiger partial charge in [-0.05, 0) is 95.2 Å². The molecule has 3 N–H and O–H groups in total. The number of hydrogen-bond donors (Lipinski definition) is 2. The standard InChI is InChI=1S/C50H60F2N14O6/c1-49(2,3)66-46-39(44(53)56-27-57-46)40(59-66)41-38(43(72-60-41)29-5-6-29)45-54-21-31(22-55-45)30-19-50(20-30)25-65(26-50)48(70)71-24-37(68)63-11-9-28(10-12-63)23-62-13-15-64(16-14-62)42-33(51)17-32(18-34(42)52)61(4)35-7-8-36(67)58-47(35)69/h17-18,21-22,27-30,35H,5-16,19-20,23-26H2,1-4H3,(H2,53,56,57)(H,58,67,69)/t35-/m1/s1. The number of piperazine rings is 1. The summed E-state index contributed by atoms with van der Waals surface area (Å²) in [6.45, 7) is 11.1. The van der Waals surface area contributed by atoms with E-state index < -0.39 is 35.2 Å². The van der Waals surface area contributed by atoms with E-state index in [9.17, 15) is 19.2 Å². The number of piperidine rings is 2. The largest absolute Gasteiger partial charge is 0.439 e. The van der Waals surface area contributed by atoms with Crippen LogP contribution in [0.2, 0.25) is 0 Å². The van der Waals surface area contributed by atoms with E-state index in [1.165, 1.54) is 23.4 Å². The van der Waals surface area contributed by atoms with Gasteiger partial charge in [0, 0.05) is 102 Å². The van der Waals surface area contributed by atoms with Gasteiger partial charge in [-0.2, -0.15) is 5.10 Å². The maximum Gasteiger partial charge on any atom is 0.410 e. The van der Waals surface area contributed by atoms with Crippen molar-refractivity contribution in [3.63, 3.8) is 0 Å². The molecule has 0 radical (unpaired) electrons. The van der Waals surface area contributed by atoms with E-state index in [0.717, 1.165) is 56.4 Å². The van der Waals surface area contributed by atoms with Crippen LogP contribution in [0.25, 0.3) is 33.8 Å². The zero-order valence-corrected chi connectivity index (χ0v) is 41.1. The van der Waals surface area contributed by atoms with Crippen molar-refractivity contribution in [2.24, 2.45) is 11.3 Å². The Morgan fingerprint density at radius 2 is 1.60 bits per heavy atom. The molecule has 0 bridgehead atoms. The first-order valence-electron chi connectivity index (χ1n) is 25.1. The van der Waals surface area contributed by atoms with Crippen molar-refractivity contribution >= 4 is 52.0 Å². The number of nitrogen functional groups attached to an aromatic ring is 1. The molecule has 22 heteroatoms. The third kappa shape index (κ3) is 8.95. The highest BCUT2D eigenvalue weighted by molar-refractivity contribution is 6.02. The number of likely N-dealkylation sites (tertiary alicyclic amines) is 2. The highest BCUT2D eigenvalue weighted by Crippen LogP contribution is 2.56. The maximum absolute atomic E-state index is 15.4. The smallest absolute Gasteiger partial charge is 0.410 e. The van der Waals surface area contributed by atoms with Gasteiger partial charge in [-0.25, -0.2) is 38.2 Å². The highest BCUT2D eigenvalue weighted by atomic mass is 19.1. The lowest BCUT2D eigenvalue weighted by Gasteiger charge is -2.58. The fourth-order valence-corrected chi connectivity index (χ4v) is 11.4. The molecule has 5 aromatic rings. The second-order valence-corrected chi connectivity index (χ2v) is 21.7. The average molecular weight is 991 g/mol. The van der Waals surface area contributed by atoms with Gasteiger partial charge in [0.15, 0.2) is 35.5 Å². The highest BCUT2D eigenvalue weighted by Gasteiger charge is 2.54. The van der Waals surface area contributed by atoms with Gasteiger partial charge < -0.3 is 34.6 Å². The van der Waals surface area contributed by atoms with Crippen molar-refractivity contribution in [2.45, 2.75) is 95.6 Å². The predicted molar refractivity (Wildman–Crippen MR) is 259 cm³/mol. The van der Waals surface area contributed by atoms with Gasteiger partial charge in [0.05, 0.1) is 16.5 Å². The monoisotopic (exact) mass is 990 g/mol. The number of hydrogen-bond acceptors (Lipinski definition) is 16. The Balaban J connectivity index is 0.615. The Labute approximate surface area is 414 Å². The van der Waals surface area contributed by atoms with Gasteiger partial charge in [-0.15, -0.1) is 0 Å². The van der Waals surface area contributed by atoms with E-state index >= 15 is 8.78 Å². The van der Waals surface area contributed by atoms with Crippen LogP contribution in [-0.4, -0.2) is 152 Å². The number of likely N-dealkylation sites (N-methyl/N-ethyl adjacent to an activating group) is 1. The number of imide groups is 1. The molecule has 4 aliphatic heterocycles. The number of rotatable bonds is 11. The summed E-state index contributed by atoms with van der Waals surface area (Å²) in [6, 6.07) is 1.80. The first kappa shape index (κ1) is 47.5. The lowest BCUT2D eigenvalue weighted by molar-refractivity contribution is -0.137. The van der Waals surface area contributed by atoms with Crippen LogP contribution in [-0.2, 0) is 24.7 Å². The molecule has 20 nitrogen and oxygen atoms in total. The molecule has 0 unspecified atom stereocenters. The van der Waals surface area contributed by atoms with Crippen LogP contribution in [0, 0.1) is 23.0 Å². The number of carbonyl (C=O) groups excluding carboxylic acids is 4. The van der Waals surface area contributed by atoms with Gasteiger partial charge in [0.25, 0.3) is 5.91 Å². The SMILES string of the molecule is CN(c1cc(F)c(N2CCN(CC3CCN(C(=O)COC(=O)N4CC5(CC(c6cnc(-c7c(-c8nn(C(C)(C)C)c9ncnc(N)c89)noc7C7CC7)nc6)C5)C4)CC3)CC2)c(F)c1)[C@@H]1CCC(=O)NC1=O. The molecule has 2 saturated carbocycles. The van der Waals surface area contributed by atoms with E-state index in [1.54, 1.807) is 21.7 Å². The lowest BCUT2D eigenvalue weighted by atomic mass is 9.56. The van der Waals surface area contributed by atoms with Crippen LogP contribution in [0.1, 0.15) is 95.3 Å². The second-order valence-electron chi connectivity index (χ2n) is 21.7. The molecule has 1 atom stereocenters. The van der Waals surface area contributed by atoms with Crippen molar-refractivity contribution < 1.29 is 37.2 Å². The number of halogens is 2. The molecule has 1 aromatic carbocycles. The third-order valence-corrected chi connectivity index (χ3v) is 15.6. The zero-order valence-electron chi connectivity index (χ0n) is 41.1. The molecule has 4 aromatic heterocycles. The molecular formula is C50H60F2N14O6. The van der Waals surface area contributed by atoms with Gasteiger partial charge in [0.2, 0.25) is 11.8 Å². The van der Waals surface area contributed by atoms with Gasteiger partial charge >= 0.3 is 6.09 Å². The minimum absolute atomic E-state index is 0.00668. The Bertz CT molecular complexity index is 2900. The number of amides is 4. The minimum atomic E-state index is -0.696. The molecule has 380 valence electrons. The van der Waals surface area contributed by atoms with Crippen LogP contribution < -0.4 is 20.9 Å². The van der Waals surface area contributed by atoms with E-state index in [4.69, 9.17) is 30.1 Å². The Kier molecular flexibility index (Phi) is 12.1. The summed E-state index contributed by atoms with van der Waals surface area (Å²) >= 11 is 0. The molecule has 1 spiro atoms. The minimum Gasteiger partial charge on any atom is -0.439 e. The molecule has 4 amide bonds. The summed E-state index contributed by atoms with van der Waals surface area (Å²) in [5.74, 6) is -0.0458. The molecule has 6 aliphatic rings. The maximum atomic E-state index is 15.4. The van der Waals surface area contributed by atoms with E-state index in [1.807, 2.05) is 37.8 Å². The first-order chi connectivity index (χ1) is 34.5. The molecule has 2 aliphatic carbocycles. The van der Waals surface area contributed by atoms with Crippen LogP contribution in [0.3, 0.4) is 0 Å². The van der Waals surface area contributed by atoms with Crippen molar-refractivity contribution in [1.29, 1.82) is 0 Å². The number of aromatic nitrogens is 7. The van der Waals surface area contributed by atoms with Gasteiger partial charge in [0.1, 0.15) is 35.3 Å². The fourth-order valence-electron chi connectivity index (χ4n) is 11.4. The van der Waals surface area contributed by atoms with Crippen LogP contribution in [0.4, 0.5) is 30.8 Å². The van der Waals surface area contributed by atoms with E-state index in [-0.39, 0.29) is 59.9 Å². The molecule has 11 rings (SSSR count). The number of nitrogens with two attached hydrogens (primary N) is 1. The summed E-state index contributed by atoms with van der Waals surface area (Å²) in [7, 11) is 1.59. The lowest BCUT2D eigenvalue weighted by Crippen LogP contribution is -2.63. The number of benzene rings is 1. The number of nitrogens with zero attached hydrogens (tertiary/aromatic N) is 12. The fraction of sp³-hybridized carbons (Fsp3) is 0.560. The van der Waals surface area contributed by atoms with Crippen LogP contribution in [0.15, 0.2) is 35.4 Å². The van der Waals surface area contributed by atoms with E-state index in [2.05, 4.69) is 25.3 Å². The van der Waals surface area contributed by atoms with Gasteiger partial charge in [-0.1, -0.05) is 5.16 Å². The molecule has 6 fully saturated rings. The Morgan fingerprint density at radius 3 is 2.25 bits per heavy atom. The number of ether oxygens (including phenoxy) is 1. The molecular weight excluding hydrogens is 931 g/mol. The Morgan fingerprint density at radius 1 is 0.903 bits per heavy atom.